The summed E-state index contributed by atoms with van der Waals surface area (Å²) in [6, 6.07) is 17.3. The minimum absolute atomic E-state index is 0.0660. The number of allylic oxidation sites excluding steroid dienone is 1. The Bertz CT molecular complexity index is 834. The van der Waals surface area contributed by atoms with Crippen molar-refractivity contribution in [2.24, 2.45) is 0 Å². The molecule has 0 spiro atoms. The lowest BCUT2D eigenvalue weighted by Gasteiger charge is -2.06. The minimum Gasteiger partial charge on any atom is -0.293 e. The molecule has 2 aromatic carbocycles. The smallest absolute Gasteiger partial charge is 0.178 e. The number of ketones is 1. The van der Waals surface area contributed by atoms with E-state index in [1.807, 2.05) is 60.7 Å². The molecule has 104 valence electrons. The molecule has 0 bridgehead atoms. The number of rotatable bonds is 3. The topological polar surface area (TPSA) is 34.9 Å². The van der Waals surface area contributed by atoms with Gasteiger partial charge in [-0.15, -0.1) is 0 Å². The predicted molar refractivity (Wildman–Crippen MR) is 86.0 cm³/mol. The zero-order valence-corrected chi connectivity index (χ0v) is 12.2. The SMILES string of the molecule is CC(=O)/C(=C/c1ccccc1)n1nc(Cl)c2ccccc21. The van der Waals surface area contributed by atoms with Gasteiger partial charge in [-0.05, 0) is 23.8 Å². The summed E-state index contributed by atoms with van der Waals surface area (Å²) in [5.41, 5.74) is 2.25. The molecule has 0 aliphatic rings. The van der Waals surface area contributed by atoms with Crippen molar-refractivity contribution < 1.29 is 4.79 Å². The Morgan fingerprint density at radius 1 is 1.10 bits per heavy atom. The lowest BCUT2D eigenvalue weighted by Crippen LogP contribution is -2.06. The average Bonchev–Trinajstić information content (AvgIpc) is 2.83. The third-order valence-electron chi connectivity index (χ3n) is 3.23. The minimum atomic E-state index is -0.0660. The first-order valence-electron chi connectivity index (χ1n) is 6.58. The van der Waals surface area contributed by atoms with Crippen LogP contribution in [0.2, 0.25) is 5.15 Å². The van der Waals surface area contributed by atoms with Crippen molar-refractivity contribution >= 4 is 40.1 Å². The molecule has 0 saturated carbocycles. The van der Waals surface area contributed by atoms with E-state index in [2.05, 4.69) is 5.10 Å². The second kappa shape index (κ2) is 5.54. The second-order valence-electron chi connectivity index (χ2n) is 4.72. The molecule has 0 unspecified atom stereocenters. The van der Waals surface area contributed by atoms with Crippen LogP contribution >= 0.6 is 11.6 Å². The summed E-state index contributed by atoms with van der Waals surface area (Å²) in [6.07, 6.45) is 1.82. The van der Waals surface area contributed by atoms with Crippen LogP contribution in [0.3, 0.4) is 0 Å². The van der Waals surface area contributed by atoms with Crippen molar-refractivity contribution in [1.82, 2.24) is 9.78 Å². The van der Waals surface area contributed by atoms with E-state index in [0.717, 1.165) is 16.5 Å². The normalized spacial score (nSPS) is 11.8. The number of nitrogens with zero attached hydrogens (tertiary/aromatic N) is 2. The summed E-state index contributed by atoms with van der Waals surface area (Å²) in [5.74, 6) is -0.0660. The molecular formula is C17H13ClN2O. The van der Waals surface area contributed by atoms with E-state index in [9.17, 15) is 4.79 Å². The maximum Gasteiger partial charge on any atom is 0.178 e. The molecule has 4 heteroatoms. The Labute approximate surface area is 127 Å². The Morgan fingerprint density at radius 3 is 2.48 bits per heavy atom. The first-order valence-corrected chi connectivity index (χ1v) is 6.96. The van der Waals surface area contributed by atoms with Crippen molar-refractivity contribution in [3.63, 3.8) is 0 Å². The van der Waals surface area contributed by atoms with Gasteiger partial charge in [-0.25, -0.2) is 4.68 Å². The highest BCUT2D eigenvalue weighted by molar-refractivity contribution is 6.34. The molecule has 3 aromatic rings. The van der Waals surface area contributed by atoms with Gasteiger partial charge in [0.05, 0.1) is 5.52 Å². The van der Waals surface area contributed by atoms with E-state index in [1.165, 1.54) is 6.92 Å². The Balaban J connectivity index is 2.22. The van der Waals surface area contributed by atoms with Crippen molar-refractivity contribution in [2.45, 2.75) is 6.92 Å². The van der Waals surface area contributed by atoms with Crippen LogP contribution in [0.1, 0.15) is 12.5 Å². The molecule has 0 fully saturated rings. The molecule has 0 N–H and O–H groups in total. The van der Waals surface area contributed by atoms with Crippen LogP contribution in [0, 0.1) is 0 Å². The number of carbonyl (C=O) groups is 1. The lowest BCUT2D eigenvalue weighted by molar-refractivity contribution is -0.112. The van der Waals surface area contributed by atoms with Crippen molar-refractivity contribution in [2.75, 3.05) is 0 Å². The maximum absolute atomic E-state index is 12.0. The number of fused-ring (bicyclic) bond motifs is 1. The van der Waals surface area contributed by atoms with Gasteiger partial charge in [-0.2, -0.15) is 5.10 Å². The predicted octanol–water partition coefficient (Wildman–Crippen LogP) is 4.28. The number of aromatic nitrogens is 2. The maximum atomic E-state index is 12.0. The van der Waals surface area contributed by atoms with Crippen molar-refractivity contribution in [3.8, 4) is 0 Å². The van der Waals surface area contributed by atoms with Crippen LogP contribution in [0.25, 0.3) is 22.7 Å². The van der Waals surface area contributed by atoms with Crippen LogP contribution in [0.4, 0.5) is 0 Å². The first kappa shape index (κ1) is 13.6. The van der Waals surface area contributed by atoms with E-state index >= 15 is 0 Å². The average molecular weight is 297 g/mol. The zero-order chi connectivity index (χ0) is 14.8. The highest BCUT2D eigenvalue weighted by atomic mass is 35.5. The highest BCUT2D eigenvalue weighted by Crippen LogP contribution is 2.26. The summed E-state index contributed by atoms with van der Waals surface area (Å²) < 4.78 is 1.60. The van der Waals surface area contributed by atoms with Gasteiger partial charge in [0, 0.05) is 12.3 Å². The number of para-hydroxylation sites is 1. The van der Waals surface area contributed by atoms with Crippen LogP contribution in [-0.4, -0.2) is 15.6 Å². The molecule has 0 aliphatic carbocycles. The molecule has 0 saturated heterocycles. The molecule has 0 radical (unpaired) electrons. The third kappa shape index (κ3) is 2.60. The summed E-state index contributed by atoms with van der Waals surface area (Å²) >= 11 is 6.16. The molecule has 0 amide bonds. The second-order valence-corrected chi connectivity index (χ2v) is 5.07. The van der Waals surface area contributed by atoms with E-state index < -0.39 is 0 Å². The molecule has 1 aromatic heterocycles. The number of carbonyl (C=O) groups excluding carboxylic acids is 1. The van der Waals surface area contributed by atoms with Gasteiger partial charge in [0.1, 0.15) is 5.70 Å². The van der Waals surface area contributed by atoms with E-state index in [1.54, 1.807) is 4.68 Å². The molecule has 0 atom stereocenters. The highest BCUT2D eigenvalue weighted by Gasteiger charge is 2.14. The van der Waals surface area contributed by atoms with E-state index in [4.69, 9.17) is 11.6 Å². The molecule has 0 aliphatic heterocycles. The van der Waals surface area contributed by atoms with Crippen LogP contribution in [0.5, 0.6) is 0 Å². The Morgan fingerprint density at radius 2 is 1.76 bits per heavy atom. The third-order valence-corrected chi connectivity index (χ3v) is 3.51. The van der Waals surface area contributed by atoms with Gasteiger partial charge in [-0.1, -0.05) is 54.1 Å². The summed E-state index contributed by atoms with van der Waals surface area (Å²) in [6.45, 7) is 1.53. The standard InChI is InChI=1S/C17H13ClN2O/c1-12(21)16(11-13-7-3-2-4-8-13)20-15-10-6-5-9-14(15)17(18)19-20/h2-11H,1H3/b16-11-. The number of benzene rings is 2. The fraction of sp³-hybridized carbons (Fsp3) is 0.0588. The fourth-order valence-electron chi connectivity index (χ4n) is 2.23. The quantitative estimate of drug-likeness (QED) is 0.676. The van der Waals surface area contributed by atoms with E-state index in [-0.39, 0.29) is 5.78 Å². The van der Waals surface area contributed by atoms with Crippen LogP contribution < -0.4 is 0 Å². The van der Waals surface area contributed by atoms with Crippen molar-refractivity contribution in [1.29, 1.82) is 0 Å². The van der Waals surface area contributed by atoms with Gasteiger partial charge in [0.2, 0.25) is 0 Å². The van der Waals surface area contributed by atoms with Gasteiger partial charge < -0.3 is 0 Å². The largest absolute Gasteiger partial charge is 0.293 e. The zero-order valence-electron chi connectivity index (χ0n) is 11.5. The monoisotopic (exact) mass is 296 g/mol. The molecule has 3 nitrogen and oxygen atoms in total. The van der Waals surface area contributed by atoms with Crippen LogP contribution in [-0.2, 0) is 4.79 Å². The number of hydrogen-bond donors (Lipinski definition) is 0. The van der Waals surface area contributed by atoms with Crippen molar-refractivity contribution in [3.05, 3.63) is 65.3 Å². The van der Waals surface area contributed by atoms with Gasteiger partial charge >= 0.3 is 0 Å². The Kier molecular flexibility index (Phi) is 3.59. The number of hydrogen-bond acceptors (Lipinski definition) is 2. The number of halogens is 1. The van der Waals surface area contributed by atoms with Gasteiger partial charge in [0.15, 0.2) is 10.9 Å². The van der Waals surface area contributed by atoms with Gasteiger partial charge in [0.25, 0.3) is 0 Å². The molecule has 1 heterocycles. The van der Waals surface area contributed by atoms with Gasteiger partial charge in [-0.3, -0.25) is 4.79 Å². The fourth-order valence-corrected chi connectivity index (χ4v) is 2.47. The molecular weight excluding hydrogens is 284 g/mol. The first-order chi connectivity index (χ1) is 10.2. The Hall–Kier alpha value is -2.39. The summed E-state index contributed by atoms with van der Waals surface area (Å²) in [5, 5.41) is 5.53. The lowest BCUT2D eigenvalue weighted by atomic mass is 10.1. The summed E-state index contributed by atoms with van der Waals surface area (Å²) in [4.78, 5) is 12.0. The molecule has 3 rings (SSSR count). The summed E-state index contributed by atoms with van der Waals surface area (Å²) in [7, 11) is 0. The molecule has 21 heavy (non-hydrogen) atoms. The number of Topliss-reactive ketones (excluding diaryl/α,β-unsaturated/α-hetero) is 1. The van der Waals surface area contributed by atoms with E-state index in [0.29, 0.717) is 10.9 Å². The van der Waals surface area contributed by atoms with Crippen LogP contribution in [0.15, 0.2) is 54.6 Å².